The lowest BCUT2D eigenvalue weighted by atomic mass is 10.0. The summed E-state index contributed by atoms with van der Waals surface area (Å²) in [5.74, 6) is 0.932. The minimum absolute atomic E-state index is 0.0691. The number of benzene rings is 2. The fraction of sp³-hybridized carbons (Fsp3) is 0.316. The molecule has 0 bridgehead atoms. The van der Waals surface area contributed by atoms with Crippen LogP contribution in [0.25, 0.3) is 0 Å². The summed E-state index contributed by atoms with van der Waals surface area (Å²) in [7, 11) is 3.23. The fourth-order valence-corrected chi connectivity index (χ4v) is 3.52. The zero-order chi connectivity index (χ0) is 20.1. The fourth-order valence-electron chi connectivity index (χ4n) is 2.89. The zero-order valence-electron chi connectivity index (χ0n) is 15.8. The van der Waals surface area contributed by atoms with Crippen molar-refractivity contribution < 1.29 is 13.9 Å². The first-order chi connectivity index (χ1) is 13.5. The molecule has 1 heterocycles. The molecule has 1 saturated heterocycles. The monoisotopic (exact) mass is 424 g/mol. The number of hydrogen-bond acceptors (Lipinski definition) is 6. The topological polar surface area (TPSA) is 66.9 Å². The second-order valence-electron chi connectivity index (χ2n) is 6.10. The Balaban J connectivity index is 1.68. The number of thioether (sulfide) groups is 1. The Morgan fingerprint density at radius 3 is 2.64 bits per heavy atom. The Bertz CT molecular complexity index is 868. The van der Waals surface area contributed by atoms with Crippen LogP contribution < -0.4 is 25.6 Å². The lowest BCUT2D eigenvalue weighted by molar-refractivity contribution is 0.354. The first-order valence-electron chi connectivity index (χ1n) is 8.61. The molecule has 0 saturated carbocycles. The Hall–Kier alpha value is -2.00. The van der Waals surface area contributed by atoms with E-state index in [4.69, 9.17) is 26.1 Å². The predicted octanol–water partition coefficient (Wildman–Crippen LogP) is 4.19. The number of anilines is 1. The Kier molecular flexibility index (Phi) is 7.01. The molecular formula is C19H22ClFN4O2S. The highest BCUT2D eigenvalue weighted by atomic mass is 35.5. The molecule has 3 N–H and O–H groups in total. The van der Waals surface area contributed by atoms with Crippen LogP contribution in [0.5, 0.6) is 11.5 Å². The van der Waals surface area contributed by atoms with E-state index < -0.39 is 5.82 Å². The largest absolute Gasteiger partial charge is 0.493 e. The van der Waals surface area contributed by atoms with Crippen molar-refractivity contribution >= 4 is 34.2 Å². The maximum absolute atomic E-state index is 13.3. The number of halogens is 2. The average Bonchev–Trinajstić information content (AvgIpc) is 3.18. The summed E-state index contributed by atoms with van der Waals surface area (Å²) in [5.41, 5.74) is 8.21. The molecular weight excluding hydrogens is 403 g/mol. The summed E-state index contributed by atoms with van der Waals surface area (Å²) in [6, 6.07) is 10.4. The van der Waals surface area contributed by atoms with Crippen molar-refractivity contribution in [1.29, 1.82) is 0 Å². The third-order valence-electron chi connectivity index (χ3n) is 4.33. The van der Waals surface area contributed by atoms with Gasteiger partial charge in [-0.3, -0.25) is 0 Å². The molecule has 0 spiro atoms. The molecule has 0 amide bonds. The molecule has 1 fully saturated rings. The molecule has 2 atom stereocenters. The lowest BCUT2D eigenvalue weighted by Crippen LogP contribution is -2.30. The van der Waals surface area contributed by atoms with Gasteiger partial charge in [0.2, 0.25) is 0 Å². The van der Waals surface area contributed by atoms with Crippen molar-refractivity contribution in [2.75, 3.05) is 25.8 Å². The lowest BCUT2D eigenvalue weighted by Gasteiger charge is -2.13. The molecule has 0 aromatic heterocycles. The molecule has 3 rings (SSSR count). The van der Waals surface area contributed by atoms with Crippen LogP contribution in [0.2, 0.25) is 5.02 Å². The number of ether oxygens (including phenoxy) is 2. The van der Waals surface area contributed by atoms with E-state index in [0.29, 0.717) is 22.4 Å². The van der Waals surface area contributed by atoms with E-state index in [9.17, 15) is 4.39 Å². The summed E-state index contributed by atoms with van der Waals surface area (Å²) in [6.07, 6.45) is 2.56. The predicted molar refractivity (Wildman–Crippen MR) is 113 cm³/mol. The van der Waals surface area contributed by atoms with E-state index in [0.717, 1.165) is 12.0 Å². The SMILES string of the molecule is COc1ccc(C2CC(/N=C(/Nc3ccc(F)c(Cl)c3)SC)NN2)cc1OC. The van der Waals surface area contributed by atoms with Gasteiger partial charge in [-0.2, -0.15) is 0 Å². The summed E-state index contributed by atoms with van der Waals surface area (Å²) in [5, 5.41) is 3.94. The van der Waals surface area contributed by atoms with Crippen LogP contribution in [0.3, 0.4) is 0 Å². The summed E-state index contributed by atoms with van der Waals surface area (Å²) >= 11 is 7.31. The average molecular weight is 425 g/mol. The number of methoxy groups -OCH3 is 2. The smallest absolute Gasteiger partial charge is 0.162 e. The van der Waals surface area contributed by atoms with Crippen molar-refractivity contribution in [3.05, 3.63) is 52.8 Å². The van der Waals surface area contributed by atoms with Gasteiger partial charge in [-0.1, -0.05) is 29.4 Å². The van der Waals surface area contributed by atoms with Gasteiger partial charge in [0, 0.05) is 18.2 Å². The van der Waals surface area contributed by atoms with E-state index in [1.165, 1.54) is 23.9 Å². The van der Waals surface area contributed by atoms with Crippen LogP contribution in [0, 0.1) is 5.82 Å². The highest BCUT2D eigenvalue weighted by Crippen LogP contribution is 2.32. The Morgan fingerprint density at radius 1 is 1.18 bits per heavy atom. The molecule has 2 aromatic carbocycles. The number of amidine groups is 1. The van der Waals surface area contributed by atoms with E-state index in [-0.39, 0.29) is 17.2 Å². The number of aliphatic imine (C=N–C) groups is 1. The highest BCUT2D eigenvalue weighted by Gasteiger charge is 2.26. The molecule has 28 heavy (non-hydrogen) atoms. The van der Waals surface area contributed by atoms with Gasteiger partial charge in [-0.05, 0) is 42.2 Å². The molecule has 150 valence electrons. The normalized spacial score (nSPS) is 19.5. The van der Waals surface area contributed by atoms with Gasteiger partial charge in [0.05, 0.1) is 19.2 Å². The van der Waals surface area contributed by atoms with Crippen LogP contribution in [-0.2, 0) is 0 Å². The number of hydrogen-bond donors (Lipinski definition) is 3. The van der Waals surface area contributed by atoms with Gasteiger partial charge in [0.15, 0.2) is 16.7 Å². The van der Waals surface area contributed by atoms with Gasteiger partial charge in [-0.15, -0.1) is 0 Å². The number of hydrazine groups is 1. The number of nitrogens with one attached hydrogen (secondary N) is 3. The molecule has 9 heteroatoms. The summed E-state index contributed by atoms with van der Waals surface area (Å²) in [6.45, 7) is 0. The summed E-state index contributed by atoms with van der Waals surface area (Å²) < 4.78 is 24.0. The van der Waals surface area contributed by atoms with Crippen molar-refractivity contribution in [2.24, 2.45) is 4.99 Å². The quantitative estimate of drug-likeness (QED) is 0.494. The standard InChI is InChI=1S/C19H22ClFN4O2S/c1-26-16-7-4-11(8-17(16)27-2)15-10-18(25-24-15)23-19(28-3)22-12-5-6-14(21)13(20)9-12/h4-9,15,18,24-25H,10H2,1-3H3,(H,22,23). The molecule has 1 aliphatic heterocycles. The third kappa shape index (κ3) is 4.88. The molecule has 0 radical (unpaired) electrons. The van der Waals surface area contributed by atoms with Crippen molar-refractivity contribution in [3.63, 3.8) is 0 Å². The molecule has 6 nitrogen and oxygen atoms in total. The Labute approximate surface area is 172 Å². The first-order valence-corrected chi connectivity index (χ1v) is 10.2. The molecule has 2 unspecified atom stereocenters. The van der Waals surface area contributed by atoms with E-state index in [2.05, 4.69) is 16.2 Å². The minimum Gasteiger partial charge on any atom is -0.493 e. The van der Waals surface area contributed by atoms with Gasteiger partial charge < -0.3 is 14.8 Å². The van der Waals surface area contributed by atoms with E-state index in [1.807, 2.05) is 24.5 Å². The van der Waals surface area contributed by atoms with Crippen LogP contribution in [0.1, 0.15) is 18.0 Å². The zero-order valence-corrected chi connectivity index (χ0v) is 17.3. The van der Waals surface area contributed by atoms with Gasteiger partial charge in [0.25, 0.3) is 0 Å². The van der Waals surface area contributed by atoms with Gasteiger partial charge in [0.1, 0.15) is 12.0 Å². The van der Waals surface area contributed by atoms with E-state index >= 15 is 0 Å². The van der Waals surface area contributed by atoms with Crippen molar-refractivity contribution in [3.8, 4) is 11.5 Å². The molecule has 0 aliphatic carbocycles. The second-order valence-corrected chi connectivity index (χ2v) is 7.30. The van der Waals surface area contributed by atoms with Gasteiger partial charge >= 0.3 is 0 Å². The third-order valence-corrected chi connectivity index (χ3v) is 5.21. The Morgan fingerprint density at radius 2 is 1.96 bits per heavy atom. The molecule has 2 aromatic rings. The molecule has 1 aliphatic rings. The van der Waals surface area contributed by atoms with Crippen LogP contribution in [0.4, 0.5) is 10.1 Å². The second kappa shape index (κ2) is 9.47. The maximum Gasteiger partial charge on any atom is 0.162 e. The highest BCUT2D eigenvalue weighted by molar-refractivity contribution is 8.13. The first kappa shape index (κ1) is 20.7. The van der Waals surface area contributed by atoms with Gasteiger partial charge in [-0.25, -0.2) is 20.2 Å². The van der Waals surface area contributed by atoms with Crippen LogP contribution >= 0.6 is 23.4 Å². The van der Waals surface area contributed by atoms with Crippen molar-refractivity contribution in [2.45, 2.75) is 18.6 Å². The van der Waals surface area contributed by atoms with Crippen LogP contribution in [-0.4, -0.2) is 31.8 Å². The number of nitrogens with zero attached hydrogens (tertiary/aromatic N) is 1. The van der Waals surface area contributed by atoms with E-state index in [1.54, 1.807) is 20.3 Å². The minimum atomic E-state index is -0.450. The summed E-state index contributed by atoms with van der Waals surface area (Å²) in [4.78, 5) is 4.70. The van der Waals surface area contributed by atoms with Crippen LogP contribution in [0.15, 0.2) is 41.4 Å². The van der Waals surface area contributed by atoms with Crippen molar-refractivity contribution in [1.82, 2.24) is 10.9 Å². The number of rotatable bonds is 5. The maximum atomic E-state index is 13.3.